The fourth-order valence-electron chi connectivity index (χ4n) is 0.649. The van der Waals surface area contributed by atoms with E-state index in [1.54, 1.807) is 0 Å². The Bertz CT molecular complexity index is 410. The van der Waals surface area contributed by atoms with Crippen molar-refractivity contribution in [3.05, 3.63) is 0 Å². The highest BCUT2D eigenvalue weighted by Gasteiger charge is 2.21. The summed E-state index contributed by atoms with van der Waals surface area (Å²) in [7, 11) is -7.56. The summed E-state index contributed by atoms with van der Waals surface area (Å²) >= 11 is 0. The van der Waals surface area contributed by atoms with Crippen molar-refractivity contribution >= 4 is 25.7 Å². The molecule has 84 valence electrons. The van der Waals surface area contributed by atoms with Crippen molar-refractivity contribution in [2.24, 2.45) is 5.73 Å². The van der Waals surface area contributed by atoms with E-state index < -0.39 is 31.0 Å². The molecule has 14 heavy (non-hydrogen) atoms. The van der Waals surface area contributed by atoms with Crippen molar-refractivity contribution in [3.63, 3.8) is 0 Å². The van der Waals surface area contributed by atoms with Gasteiger partial charge in [0, 0.05) is 6.26 Å². The summed E-state index contributed by atoms with van der Waals surface area (Å²) in [4.78, 5) is 0. The Hall–Kier alpha value is -0.670. The van der Waals surface area contributed by atoms with Crippen LogP contribution in [0.1, 0.15) is 6.92 Å². The molecule has 7 nitrogen and oxygen atoms in total. The van der Waals surface area contributed by atoms with Crippen molar-refractivity contribution in [1.29, 1.82) is 5.41 Å². The maximum atomic E-state index is 11.1. The Morgan fingerprint density at radius 2 is 1.86 bits per heavy atom. The molecule has 0 bridgehead atoms. The molecular formula is C5H13N3O4S2. The van der Waals surface area contributed by atoms with Gasteiger partial charge in [-0.1, -0.05) is 0 Å². The summed E-state index contributed by atoms with van der Waals surface area (Å²) in [5.74, 6) is -0.373. The molecule has 0 rings (SSSR count). The molecule has 0 spiro atoms. The van der Waals surface area contributed by atoms with E-state index in [1.807, 2.05) is 4.72 Å². The third-order valence-corrected chi connectivity index (χ3v) is 4.86. The summed E-state index contributed by atoms with van der Waals surface area (Å²) < 4.78 is 45.6. The first-order valence-corrected chi connectivity index (χ1v) is 7.26. The van der Waals surface area contributed by atoms with Crippen LogP contribution < -0.4 is 10.5 Å². The topological polar surface area (TPSA) is 130 Å². The van der Waals surface area contributed by atoms with Gasteiger partial charge in [-0.15, -0.1) is 0 Å². The zero-order valence-electron chi connectivity index (χ0n) is 7.81. The van der Waals surface area contributed by atoms with Gasteiger partial charge in [-0.2, -0.15) is 0 Å². The van der Waals surface area contributed by atoms with E-state index in [-0.39, 0.29) is 5.84 Å². The number of sulfonamides is 1. The van der Waals surface area contributed by atoms with E-state index in [4.69, 9.17) is 11.1 Å². The molecule has 0 saturated carbocycles. The highest BCUT2D eigenvalue weighted by molar-refractivity contribution is 8.06. The first kappa shape index (κ1) is 13.3. The van der Waals surface area contributed by atoms with Gasteiger partial charge in [-0.25, -0.2) is 21.6 Å². The van der Waals surface area contributed by atoms with Gasteiger partial charge in [-0.3, -0.25) is 5.41 Å². The van der Waals surface area contributed by atoms with Crippen LogP contribution in [0.25, 0.3) is 0 Å². The van der Waals surface area contributed by atoms with E-state index in [0.717, 1.165) is 6.26 Å². The molecule has 0 amide bonds. The molecule has 0 aromatic rings. The lowest BCUT2D eigenvalue weighted by atomic mass is 10.3. The molecule has 0 saturated heterocycles. The molecule has 0 radical (unpaired) electrons. The molecule has 0 aromatic heterocycles. The quantitative estimate of drug-likeness (QED) is 0.388. The molecule has 4 N–H and O–H groups in total. The van der Waals surface area contributed by atoms with Crippen LogP contribution in [0.3, 0.4) is 0 Å². The number of amidine groups is 1. The van der Waals surface area contributed by atoms with Crippen molar-refractivity contribution in [2.75, 3.05) is 11.3 Å². The summed E-state index contributed by atoms with van der Waals surface area (Å²) in [6.07, 6.45) is 0.810. The Balaban J connectivity index is 4.61. The molecule has 0 heterocycles. The van der Waals surface area contributed by atoms with E-state index >= 15 is 0 Å². The average molecular weight is 243 g/mol. The fraction of sp³-hybridized carbons (Fsp3) is 0.800. The van der Waals surface area contributed by atoms with E-state index in [1.165, 1.54) is 6.92 Å². The van der Waals surface area contributed by atoms with Gasteiger partial charge in [0.1, 0.15) is 5.84 Å². The van der Waals surface area contributed by atoms with E-state index in [0.29, 0.717) is 0 Å². The number of hydrogen-bond acceptors (Lipinski definition) is 5. The van der Waals surface area contributed by atoms with Crippen molar-refractivity contribution < 1.29 is 16.8 Å². The maximum absolute atomic E-state index is 11.1. The van der Waals surface area contributed by atoms with Crippen molar-refractivity contribution in [1.82, 2.24) is 4.72 Å². The van der Waals surface area contributed by atoms with Crippen molar-refractivity contribution in [3.8, 4) is 0 Å². The minimum atomic E-state index is -3.94. The Morgan fingerprint density at radius 1 is 1.43 bits per heavy atom. The Morgan fingerprint density at radius 3 is 2.14 bits per heavy atom. The summed E-state index contributed by atoms with van der Waals surface area (Å²) in [5, 5.41) is 5.91. The molecule has 9 heteroatoms. The summed E-state index contributed by atoms with van der Waals surface area (Å²) in [6.45, 7) is 1.35. The average Bonchev–Trinajstić information content (AvgIpc) is 1.78. The number of nitrogens with two attached hydrogens (primary N) is 1. The van der Waals surface area contributed by atoms with Gasteiger partial charge in [0.2, 0.25) is 10.0 Å². The highest BCUT2D eigenvalue weighted by atomic mass is 32.3. The molecule has 0 aromatic carbocycles. The van der Waals surface area contributed by atoms with Crippen LogP contribution in [0, 0.1) is 5.41 Å². The summed E-state index contributed by atoms with van der Waals surface area (Å²) in [6, 6.07) is -0.901. The predicted molar refractivity (Wildman–Crippen MR) is 53.1 cm³/mol. The van der Waals surface area contributed by atoms with Crippen LogP contribution in [0.15, 0.2) is 0 Å². The summed E-state index contributed by atoms with van der Waals surface area (Å²) in [5.41, 5.74) is 5.01. The maximum Gasteiger partial charge on any atom is 0.226 e. The highest BCUT2D eigenvalue weighted by Crippen LogP contribution is 1.94. The zero-order valence-corrected chi connectivity index (χ0v) is 9.44. The standard InChI is InChI=1S/C5H13N3O4S2/c1-4(5(6)7)8-14(11,12)3-13(2,9)10/h4,8H,3H2,1-2H3,(H3,6,7). The molecule has 1 unspecified atom stereocenters. The van der Waals surface area contributed by atoms with Crippen LogP contribution in [-0.2, 0) is 19.9 Å². The van der Waals surface area contributed by atoms with Gasteiger partial charge in [0.25, 0.3) is 0 Å². The number of nitrogens with one attached hydrogen (secondary N) is 2. The lowest BCUT2D eigenvalue weighted by molar-refractivity contribution is 0.578. The van der Waals surface area contributed by atoms with E-state index in [9.17, 15) is 16.8 Å². The third-order valence-electron chi connectivity index (χ3n) is 1.19. The lowest BCUT2D eigenvalue weighted by Gasteiger charge is -2.11. The molecule has 0 aliphatic rings. The van der Waals surface area contributed by atoms with Gasteiger partial charge >= 0.3 is 0 Å². The SMILES string of the molecule is CC(NS(=O)(=O)CS(C)(=O)=O)C(=N)N. The molecule has 0 fully saturated rings. The van der Waals surface area contributed by atoms with Gasteiger partial charge in [0.15, 0.2) is 14.9 Å². The Kier molecular flexibility index (Phi) is 4.03. The smallest absolute Gasteiger partial charge is 0.226 e. The minimum absolute atomic E-state index is 0.373. The normalized spacial score (nSPS) is 15.0. The number of hydrogen-bond donors (Lipinski definition) is 3. The Labute approximate surface area is 83.2 Å². The molecule has 0 aliphatic carbocycles. The van der Waals surface area contributed by atoms with Crippen LogP contribution in [0.4, 0.5) is 0 Å². The first-order chi connectivity index (χ1) is 6.03. The first-order valence-electron chi connectivity index (χ1n) is 3.55. The van der Waals surface area contributed by atoms with Gasteiger partial charge in [0.05, 0.1) is 6.04 Å². The largest absolute Gasteiger partial charge is 0.386 e. The van der Waals surface area contributed by atoms with Crippen LogP contribution in [0.5, 0.6) is 0 Å². The van der Waals surface area contributed by atoms with Crippen LogP contribution in [0.2, 0.25) is 0 Å². The monoisotopic (exact) mass is 243 g/mol. The number of rotatable bonds is 5. The van der Waals surface area contributed by atoms with Crippen LogP contribution >= 0.6 is 0 Å². The molecule has 0 aliphatic heterocycles. The van der Waals surface area contributed by atoms with Crippen LogP contribution in [-0.4, -0.2) is 40.1 Å². The minimum Gasteiger partial charge on any atom is -0.386 e. The second-order valence-corrected chi connectivity index (χ2v) is 7.21. The second-order valence-electron chi connectivity index (χ2n) is 2.95. The zero-order chi connectivity index (χ0) is 11.6. The lowest BCUT2D eigenvalue weighted by Crippen LogP contribution is -2.43. The van der Waals surface area contributed by atoms with Gasteiger partial charge < -0.3 is 5.73 Å². The molecular weight excluding hydrogens is 230 g/mol. The van der Waals surface area contributed by atoms with Gasteiger partial charge in [-0.05, 0) is 6.92 Å². The third kappa shape index (κ3) is 5.89. The van der Waals surface area contributed by atoms with E-state index in [2.05, 4.69) is 0 Å². The predicted octanol–water partition coefficient (Wildman–Crippen LogP) is -1.77. The fourth-order valence-corrected chi connectivity index (χ4v) is 3.84. The molecule has 1 atom stereocenters. The van der Waals surface area contributed by atoms with Crippen molar-refractivity contribution in [2.45, 2.75) is 13.0 Å². The number of sulfone groups is 1. The second kappa shape index (κ2) is 4.24.